The standard InChI is InChI=1S/C17H22N4O2S.2ClH/c1-3-17(18,4-2)11-20-16(23)14-13(7-10-24-14)21-15(22)12-5-8-19-9-6-12;;/h5-10H,3-4,11,18H2,1-2H3,(H,20,23)(H,21,22);2*1H. The van der Waals surface area contributed by atoms with Crippen LogP contribution in [0.1, 0.15) is 46.7 Å². The van der Waals surface area contributed by atoms with Crippen LogP contribution in [0.15, 0.2) is 36.0 Å². The van der Waals surface area contributed by atoms with Gasteiger partial charge in [-0.2, -0.15) is 0 Å². The number of halogens is 2. The molecular weight excluding hydrogens is 395 g/mol. The van der Waals surface area contributed by atoms with Crippen molar-refractivity contribution in [2.24, 2.45) is 5.73 Å². The minimum absolute atomic E-state index is 0. The first kappa shape index (κ1) is 24.3. The number of hydrogen-bond donors (Lipinski definition) is 3. The molecule has 2 heterocycles. The molecule has 26 heavy (non-hydrogen) atoms. The van der Waals surface area contributed by atoms with Gasteiger partial charge in [0.05, 0.1) is 5.69 Å². The Balaban J connectivity index is 0.00000312. The third kappa shape index (κ3) is 6.25. The summed E-state index contributed by atoms with van der Waals surface area (Å²) >= 11 is 1.28. The van der Waals surface area contributed by atoms with Crippen molar-refractivity contribution in [3.63, 3.8) is 0 Å². The molecule has 0 saturated heterocycles. The largest absolute Gasteiger partial charge is 0.349 e. The monoisotopic (exact) mass is 418 g/mol. The summed E-state index contributed by atoms with van der Waals surface area (Å²) in [7, 11) is 0. The van der Waals surface area contributed by atoms with E-state index in [0.29, 0.717) is 22.7 Å². The van der Waals surface area contributed by atoms with Gasteiger partial charge in [0, 0.05) is 30.0 Å². The first-order chi connectivity index (χ1) is 11.5. The Bertz CT molecular complexity index is 706. The van der Waals surface area contributed by atoms with Gasteiger partial charge in [-0.3, -0.25) is 14.6 Å². The lowest BCUT2D eigenvalue weighted by Crippen LogP contribution is -2.49. The molecule has 2 aromatic heterocycles. The zero-order chi connectivity index (χ0) is 17.6. The SMILES string of the molecule is CCC(N)(CC)CNC(=O)c1sccc1NC(=O)c1ccncc1.Cl.Cl. The molecule has 4 N–H and O–H groups in total. The number of aromatic nitrogens is 1. The number of carbonyl (C=O) groups is 2. The summed E-state index contributed by atoms with van der Waals surface area (Å²) in [6.07, 6.45) is 4.65. The number of thiophene rings is 1. The molecule has 0 aliphatic rings. The van der Waals surface area contributed by atoms with E-state index < -0.39 is 5.54 Å². The fraction of sp³-hybridized carbons (Fsp3) is 0.353. The van der Waals surface area contributed by atoms with Crippen molar-refractivity contribution in [1.82, 2.24) is 10.3 Å². The highest BCUT2D eigenvalue weighted by Gasteiger charge is 2.23. The van der Waals surface area contributed by atoms with Gasteiger partial charge in [0.2, 0.25) is 0 Å². The molecule has 0 atom stereocenters. The van der Waals surface area contributed by atoms with Crippen LogP contribution in [-0.2, 0) is 0 Å². The highest BCUT2D eigenvalue weighted by molar-refractivity contribution is 7.12. The molecule has 0 spiro atoms. The van der Waals surface area contributed by atoms with Crippen LogP contribution < -0.4 is 16.4 Å². The van der Waals surface area contributed by atoms with E-state index in [1.165, 1.54) is 11.3 Å². The fourth-order valence-corrected chi connectivity index (χ4v) is 2.88. The van der Waals surface area contributed by atoms with Crippen LogP contribution in [0.5, 0.6) is 0 Å². The van der Waals surface area contributed by atoms with E-state index in [9.17, 15) is 9.59 Å². The molecule has 0 aliphatic carbocycles. The van der Waals surface area contributed by atoms with Gasteiger partial charge in [-0.1, -0.05) is 13.8 Å². The maximum atomic E-state index is 12.4. The number of anilines is 1. The molecule has 0 saturated carbocycles. The van der Waals surface area contributed by atoms with Gasteiger partial charge >= 0.3 is 0 Å². The van der Waals surface area contributed by atoms with E-state index >= 15 is 0 Å². The molecular formula is C17H24Cl2N4O2S. The molecule has 9 heteroatoms. The van der Waals surface area contributed by atoms with Gasteiger partial charge < -0.3 is 16.4 Å². The van der Waals surface area contributed by atoms with Gasteiger partial charge in [-0.05, 0) is 36.4 Å². The second-order valence-corrected chi connectivity index (χ2v) is 6.52. The second kappa shape index (κ2) is 11.1. The number of nitrogens with one attached hydrogen (secondary N) is 2. The molecule has 2 amide bonds. The van der Waals surface area contributed by atoms with E-state index in [0.717, 1.165) is 12.8 Å². The van der Waals surface area contributed by atoms with Crippen molar-refractivity contribution in [3.05, 3.63) is 46.4 Å². The Morgan fingerprint density at radius 2 is 1.73 bits per heavy atom. The van der Waals surface area contributed by atoms with Crippen molar-refractivity contribution in [2.75, 3.05) is 11.9 Å². The summed E-state index contributed by atoms with van der Waals surface area (Å²) in [6.45, 7) is 4.40. The van der Waals surface area contributed by atoms with E-state index in [2.05, 4.69) is 15.6 Å². The second-order valence-electron chi connectivity index (χ2n) is 5.61. The van der Waals surface area contributed by atoms with E-state index in [1.54, 1.807) is 36.0 Å². The number of rotatable bonds is 7. The van der Waals surface area contributed by atoms with Crippen LogP contribution in [0, 0.1) is 0 Å². The van der Waals surface area contributed by atoms with Crippen molar-refractivity contribution < 1.29 is 9.59 Å². The maximum absolute atomic E-state index is 12.4. The number of carbonyl (C=O) groups excluding carboxylic acids is 2. The Morgan fingerprint density at radius 1 is 1.12 bits per heavy atom. The van der Waals surface area contributed by atoms with Crippen LogP contribution in [0.25, 0.3) is 0 Å². The van der Waals surface area contributed by atoms with E-state index in [1.807, 2.05) is 13.8 Å². The molecule has 0 unspecified atom stereocenters. The summed E-state index contributed by atoms with van der Waals surface area (Å²) < 4.78 is 0. The van der Waals surface area contributed by atoms with Crippen LogP contribution in [0.2, 0.25) is 0 Å². The Morgan fingerprint density at radius 3 is 2.31 bits per heavy atom. The van der Waals surface area contributed by atoms with Gasteiger partial charge in [-0.25, -0.2) is 0 Å². The zero-order valence-corrected chi connectivity index (χ0v) is 17.1. The highest BCUT2D eigenvalue weighted by atomic mass is 35.5. The van der Waals surface area contributed by atoms with Gasteiger partial charge in [0.1, 0.15) is 4.88 Å². The predicted octanol–water partition coefficient (Wildman–Crippen LogP) is 3.49. The van der Waals surface area contributed by atoms with Crippen molar-refractivity contribution in [1.29, 1.82) is 0 Å². The minimum atomic E-state index is -0.409. The highest BCUT2D eigenvalue weighted by Crippen LogP contribution is 2.23. The van der Waals surface area contributed by atoms with Gasteiger partial charge in [0.15, 0.2) is 0 Å². The summed E-state index contributed by atoms with van der Waals surface area (Å²) in [5.41, 5.74) is 6.78. The third-order valence-corrected chi connectivity index (χ3v) is 4.98. The number of pyridine rings is 1. The van der Waals surface area contributed by atoms with Gasteiger partial charge in [0.25, 0.3) is 11.8 Å². The Labute approximate surface area is 169 Å². The molecule has 0 fully saturated rings. The number of hydrogen-bond acceptors (Lipinski definition) is 5. The minimum Gasteiger partial charge on any atom is -0.349 e. The lowest BCUT2D eigenvalue weighted by Gasteiger charge is -2.26. The molecule has 144 valence electrons. The van der Waals surface area contributed by atoms with Crippen LogP contribution in [0.3, 0.4) is 0 Å². The van der Waals surface area contributed by atoms with E-state index in [4.69, 9.17) is 5.73 Å². The number of nitrogens with zero attached hydrogens (tertiary/aromatic N) is 1. The average Bonchev–Trinajstić information content (AvgIpc) is 3.08. The van der Waals surface area contributed by atoms with Crippen molar-refractivity contribution in [3.8, 4) is 0 Å². The third-order valence-electron chi connectivity index (χ3n) is 4.07. The zero-order valence-electron chi connectivity index (χ0n) is 14.7. The lowest BCUT2D eigenvalue weighted by atomic mass is 9.94. The summed E-state index contributed by atoms with van der Waals surface area (Å²) in [5.74, 6) is -0.508. The topological polar surface area (TPSA) is 97.1 Å². The molecule has 0 radical (unpaired) electrons. The molecule has 0 aliphatic heterocycles. The molecule has 0 aromatic carbocycles. The molecule has 0 bridgehead atoms. The summed E-state index contributed by atoms with van der Waals surface area (Å²) in [5, 5.41) is 7.40. The smallest absolute Gasteiger partial charge is 0.263 e. The van der Waals surface area contributed by atoms with E-state index in [-0.39, 0.29) is 36.6 Å². The Hall–Kier alpha value is -1.67. The number of amides is 2. The average molecular weight is 419 g/mol. The summed E-state index contributed by atoms with van der Waals surface area (Å²) in [6, 6.07) is 4.95. The maximum Gasteiger partial charge on any atom is 0.263 e. The predicted molar refractivity (Wildman–Crippen MR) is 111 cm³/mol. The first-order valence-corrected chi connectivity index (χ1v) is 8.73. The fourth-order valence-electron chi connectivity index (χ4n) is 2.12. The van der Waals surface area contributed by atoms with Crippen LogP contribution in [0.4, 0.5) is 5.69 Å². The van der Waals surface area contributed by atoms with Crippen LogP contribution >= 0.6 is 36.2 Å². The number of nitrogens with two attached hydrogens (primary N) is 1. The molecule has 2 aromatic rings. The Kier molecular flexibility index (Phi) is 10.4. The van der Waals surface area contributed by atoms with Crippen molar-refractivity contribution in [2.45, 2.75) is 32.2 Å². The quantitative estimate of drug-likeness (QED) is 0.640. The normalized spacial score (nSPS) is 10.3. The lowest BCUT2D eigenvalue weighted by molar-refractivity contribution is 0.0947. The van der Waals surface area contributed by atoms with Crippen molar-refractivity contribution >= 4 is 53.7 Å². The molecule has 2 rings (SSSR count). The summed E-state index contributed by atoms with van der Waals surface area (Å²) in [4.78, 5) is 29.0. The van der Waals surface area contributed by atoms with Gasteiger partial charge in [-0.15, -0.1) is 36.2 Å². The van der Waals surface area contributed by atoms with Crippen LogP contribution in [-0.4, -0.2) is 28.9 Å². The molecule has 6 nitrogen and oxygen atoms in total. The first-order valence-electron chi connectivity index (χ1n) is 7.85.